The lowest BCUT2D eigenvalue weighted by Gasteiger charge is -2.39. The van der Waals surface area contributed by atoms with Crippen molar-refractivity contribution in [2.45, 2.75) is 51.5 Å². The largest absolute Gasteiger partial charge is 0.342 e. The first-order valence-electron chi connectivity index (χ1n) is 7.22. The molecule has 0 aromatic heterocycles. The average molecular weight is 273 g/mol. The number of rotatable bonds is 1. The Labute approximate surface area is 116 Å². The Hall–Kier alpha value is -0.280. The third-order valence-corrected chi connectivity index (χ3v) is 5.17. The van der Waals surface area contributed by atoms with Gasteiger partial charge in [0.15, 0.2) is 0 Å². The van der Waals surface area contributed by atoms with Gasteiger partial charge < -0.3 is 10.2 Å². The zero-order chi connectivity index (χ0) is 11.9. The van der Waals surface area contributed by atoms with Crippen molar-refractivity contribution in [3.05, 3.63) is 0 Å². The summed E-state index contributed by atoms with van der Waals surface area (Å²) in [6.45, 7) is 5.31. The van der Waals surface area contributed by atoms with Gasteiger partial charge in [0.1, 0.15) is 0 Å². The Balaban J connectivity index is 0.00000120. The third kappa shape index (κ3) is 2.39. The molecular formula is C14H25ClN2O. The first-order chi connectivity index (χ1) is 8.19. The van der Waals surface area contributed by atoms with Crippen molar-refractivity contribution < 1.29 is 4.79 Å². The van der Waals surface area contributed by atoms with Gasteiger partial charge in [-0.2, -0.15) is 0 Å². The van der Waals surface area contributed by atoms with Crippen molar-refractivity contribution in [1.29, 1.82) is 0 Å². The predicted octanol–water partition coefficient (Wildman–Crippen LogP) is 2.20. The summed E-state index contributed by atoms with van der Waals surface area (Å²) < 4.78 is 0. The van der Waals surface area contributed by atoms with E-state index < -0.39 is 0 Å². The number of hydrogen-bond acceptors (Lipinski definition) is 2. The second kappa shape index (κ2) is 5.38. The maximum Gasteiger partial charge on any atom is 0.228 e. The summed E-state index contributed by atoms with van der Waals surface area (Å²) in [6.07, 6.45) is 7.11. The van der Waals surface area contributed by atoms with Crippen LogP contribution < -0.4 is 5.32 Å². The summed E-state index contributed by atoms with van der Waals surface area (Å²) in [6, 6.07) is 0.690. The fraction of sp³-hybridized carbons (Fsp3) is 0.929. The van der Waals surface area contributed by atoms with Gasteiger partial charge in [-0.15, -0.1) is 12.4 Å². The molecule has 4 heteroatoms. The van der Waals surface area contributed by atoms with Crippen LogP contribution in [0.1, 0.15) is 45.4 Å². The minimum atomic E-state index is -0.0289. The minimum Gasteiger partial charge on any atom is -0.342 e. The lowest BCUT2D eigenvalue weighted by molar-refractivity contribution is -0.143. The highest BCUT2D eigenvalue weighted by Crippen LogP contribution is 2.40. The van der Waals surface area contributed by atoms with Crippen molar-refractivity contribution in [3.63, 3.8) is 0 Å². The van der Waals surface area contributed by atoms with Crippen LogP contribution in [0.5, 0.6) is 0 Å². The van der Waals surface area contributed by atoms with Crippen molar-refractivity contribution >= 4 is 18.3 Å². The Kier molecular flexibility index (Phi) is 4.22. The van der Waals surface area contributed by atoms with Gasteiger partial charge in [-0.3, -0.25) is 4.79 Å². The van der Waals surface area contributed by atoms with Crippen molar-refractivity contribution in [2.75, 3.05) is 19.6 Å². The van der Waals surface area contributed by atoms with Gasteiger partial charge in [0.05, 0.1) is 0 Å². The van der Waals surface area contributed by atoms with Crippen molar-refractivity contribution in [1.82, 2.24) is 10.2 Å². The van der Waals surface area contributed by atoms with Gasteiger partial charge in [0, 0.05) is 24.5 Å². The van der Waals surface area contributed by atoms with E-state index >= 15 is 0 Å². The summed E-state index contributed by atoms with van der Waals surface area (Å²) in [4.78, 5) is 14.8. The Bertz CT molecular complexity index is 315. The molecule has 0 spiro atoms. The van der Waals surface area contributed by atoms with E-state index in [1.807, 2.05) is 0 Å². The molecule has 3 aliphatic rings. The quantitative estimate of drug-likeness (QED) is 0.794. The van der Waals surface area contributed by atoms with Crippen LogP contribution >= 0.6 is 12.4 Å². The SMILES string of the molecule is CC1(C(=O)N2CCC3NCCC3C2)CCCC1.Cl. The average Bonchev–Trinajstić information content (AvgIpc) is 2.96. The number of hydrogen-bond donors (Lipinski definition) is 1. The first-order valence-corrected chi connectivity index (χ1v) is 7.22. The van der Waals surface area contributed by atoms with E-state index in [9.17, 15) is 4.79 Å². The lowest BCUT2D eigenvalue weighted by Crippen LogP contribution is -2.50. The normalized spacial score (nSPS) is 33.9. The molecule has 2 saturated heterocycles. The number of nitrogens with zero attached hydrogens (tertiary/aromatic N) is 1. The van der Waals surface area contributed by atoms with Gasteiger partial charge in [-0.05, 0) is 38.1 Å². The number of carbonyl (C=O) groups excluding carboxylic acids is 1. The van der Waals surface area contributed by atoms with Crippen molar-refractivity contribution in [3.8, 4) is 0 Å². The molecule has 1 saturated carbocycles. The van der Waals surface area contributed by atoms with Crippen LogP contribution in [-0.2, 0) is 4.79 Å². The molecule has 1 amide bonds. The first kappa shape index (κ1) is 14.1. The second-order valence-corrected chi connectivity index (χ2v) is 6.42. The molecule has 3 fully saturated rings. The number of amides is 1. The molecule has 18 heavy (non-hydrogen) atoms. The van der Waals surface area contributed by atoms with E-state index in [1.165, 1.54) is 19.3 Å². The molecule has 0 radical (unpaired) electrons. The van der Waals surface area contributed by atoms with E-state index in [0.29, 0.717) is 11.9 Å². The Morgan fingerprint density at radius 3 is 2.72 bits per heavy atom. The Morgan fingerprint density at radius 1 is 1.28 bits per heavy atom. The standard InChI is InChI=1S/C14H24N2O.ClH/c1-14(6-2-3-7-14)13(17)16-9-5-12-11(10-16)4-8-15-12;/h11-12,15H,2-10H2,1H3;1H. The highest BCUT2D eigenvalue weighted by atomic mass is 35.5. The zero-order valence-electron chi connectivity index (χ0n) is 11.3. The molecule has 1 N–H and O–H groups in total. The van der Waals surface area contributed by atoms with E-state index in [2.05, 4.69) is 17.1 Å². The van der Waals surface area contributed by atoms with Gasteiger partial charge in [-0.1, -0.05) is 19.8 Å². The van der Waals surface area contributed by atoms with Crippen molar-refractivity contribution in [2.24, 2.45) is 11.3 Å². The molecule has 0 aromatic carbocycles. The molecule has 0 bridgehead atoms. The smallest absolute Gasteiger partial charge is 0.228 e. The minimum absolute atomic E-state index is 0. The summed E-state index contributed by atoms with van der Waals surface area (Å²) in [5.74, 6) is 1.16. The molecule has 2 atom stereocenters. The fourth-order valence-electron chi connectivity index (χ4n) is 3.98. The molecule has 1 aliphatic carbocycles. The van der Waals surface area contributed by atoms with Crippen LogP contribution in [0.2, 0.25) is 0 Å². The van der Waals surface area contributed by atoms with Crippen LogP contribution in [0, 0.1) is 11.3 Å². The molecule has 0 aromatic rings. The summed E-state index contributed by atoms with van der Waals surface area (Å²) in [5, 5.41) is 3.56. The van der Waals surface area contributed by atoms with Gasteiger partial charge in [-0.25, -0.2) is 0 Å². The maximum absolute atomic E-state index is 12.6. The molecule has 2 aliphatic heterocycles. The maximum atomic E-state index is 12.6. The number of piperidine rings is 1. The monoisotopic (exact) mass is 272 g/mol. The highest BCUT2D eigenvalue weighted by Gasteiger charge is 2.42. The number of fused-ring (bicyclic) bond motifs is 1. The molecule has 3 nitrogen and oxygen atoms in total. The third-order valence-electron chi connectivity index (χ3n) is 5.17. The van der Waals surface area contributed by atoms with E-state index in [4.69, 9.17) is 0 Å². The fourth-order valence-corrected chi connectivity index (χ4v) is 3.98. The van der Waals surface area contributed by atoms with Gasteiger partial charge in [0.2, 0.25) is 5.91 Å². The van der Waals surface area contributed by atoms with Crippen LogP contribution in [0.15, 0.2) is 0 Å². The Morgan fingerprint density at radius 2 is 2.00 bits per heavy atom. The predicted molar refractivity (Wildman–Crippen MR) is 74.9 cm³/mol. The lowest BCUT2D eigenvalue weighted by atomic mass is 9.85. The number of likely N-dealkylation sites (tertiary alicyclic amines) is 1. The molecule has 2 heterocycles. The van der Waals surface area contributed by atoms with Crippen LogP contribution in [0.3, 0.4) is 0 Å². The molecule has 104 valence electrons. The number of halogens is 1. The van der Waals surface area contributed by atoms with Gasteiger partial charge in [0.25, 0.3) is 0 Å². The second-order valence-electron chi connectivity index (χ2n) is 6.42. The topological polar surface area (TPSA) is 32.3 Å². The van der Waals surface area contributed by atoms with E-state index in [-0.39, 0.29) is 17.8 Å². The summed E-state index contributed by atoms with van der Waals surface area (Å²) >= 11 is 0. The van der Waals surface area contributed by atoms with E-state index in [0.717, 1.165) is 44.8 Å². The number of carbonyl (C=O) groups is 1. The van der Waals surface area contributed by atoms with E-state index in [1.54, 1.807) is 0 Å². The van der Waals surface area contributed by atoms with Gasteiger partial charge >= 0.3 is 0 Å². The van der Waals surface area contributed by atoms with Crippen LogP contribution in [0.25, 0.3) is 0 Å². The zero-order valence-corrected chi connectivity index (χ0v) is 12.1. The highest BCUT2D eigenvalue weighted by molar-refractivity contribution is 5.85. The summed E-state index contributed by atoms with van der Waals surface area (Å²) in [5.41, 5.74) is -0.0289. The molecular weight excluding hydrogens is 248 g/mol. The van der Waals surface area contributed by atoms with Crippen LogP contribution in [-0.4, -0.2) is 36.5 Å². The number of nitrogens with one attached hydrogen (secondary N) is 1. The summed E-state index contributed by atoms with van der Waals surface area (Å²) in [7, 11) is 0. The van der Waals surface area contributed by atoms with Crippen LogP contribution in [0.4, 0.5) is 0 Å². The molecule has 2 unspecified atom stereocenters. The molecule has 3 rings (SSSR count).